The molecule has 1 aromatic carbocycles. The Bertz CT molecular complexity index is 732. The number of thioether (sulfide) groups is 1. The Morgan fingerprint density at radius 1 is 1.10 bits per heavy atom. The minimum Gasteiger partial charge on any atom is -0.487 e. The number of anilines is 1. The van der Waals surface area contributed by atoms with E-state index in [1.54, 1.807) is 41.4 Å². The molecule has 0 bridgehead atoms. The van der Waals surface area contributed by atoms with Crippen molar-refractivity contribution in [3.05, 3.63) is 41.0 Å². The van der Waals surface area contributed by atoms with Crippen molar-refractivity contribution in [1.29, 1.82) is 0 Å². The van der Waals surface area contributed by atoms with Gasteiger partial charge >= 0.3 is 0 Å². The van der Waals surface area contributed by atoms with Gasteiger partial charge in [-0.05, 0) is 31.6 Å². The Hall–Kier alpha value is -2.03. The highest BCUT2D eigenvalue weighted by Crippen LogP contribution is 2.19. The molecule has 0 unspecified atom stereocenters. The van der Waals surface area contributed by atoms with Gasteiger partial charge in [-0.15, -0.1) is 11.8 Å². The lowest BCUT2D eigenvalue weighted by atomic mass is 10.1. The minimum atomic E-state index is -0.330. The van der Waals surface area contributed by atoms with Gasteiger partial charge in [0, 0.05) is 43.9 Å². The second kappa shape index (κ2) is 11.2. The van der Waals surface area contributed by atoms with Gasteiger partial charge in [0.15, 0.2) is 5.76 Å². The smallest absolute Gasteiger partial charge is 0.291 e. The molecular weight excluding hydrogens is 388 g/mol. The molecule has 1 aromatic rings. The molecule has 1 saturated heterocycles. The van der Waals surface area contributed by atoms with Gasteiger partial charge < -0.3 is 25.2 Å². The summed E-state index contributed by atoms with van der Waals surface area (Å²) < 4.78 is 5.38. The van der Waals surface area contributed by atoms with Crippen LogP contribution < -0.4 is 10.6 Å². The van der Waals surface area contributed by atoms with Crippen LogP contribution in [0, 0.1) is 0 Å². The molecule has 2 aliphatic heterocycles. The molecule has 2 heterocycles. The van der Waals surface area contributed by atoms with Crippen LogP contribution in [0.1, 0.15) is 23.7 Å². The molecular formula is C21H30N4O3S. The summed E-state index contributed by atoms with van der Waals surface area (Å²) in [5.41, 5.74) is 0.951. The largest absolute Gasteiger partial charge is 0.487 e. The molecule has 8 heteroatoms. The van der Waals surface area contributed by atoms with Crippen LogP contribution in [-0.4, -0.2) is 79.8 Å². The zero-order valence-corrected chi connectivity index (χ0v) is 17.8. The van der Waals surface area contributed by atoms with E-state index in [2.05, 4.69) is 27.4 Å². The lowest BCUT2D eigenvalue weighted by Gasteiger charge is -2.33. The Morgan fingerprint density at radius 2 is 1.86 bits per heavy atom. The van der Waals surface area contributed by atoms with Crippen molar-refractivity contribution < 1.29 is 14.3 Å². The second-order valence-corrected chi connectivity index (χ2v) is 8.06. The summed E-state index contributed by atoms with van der Waals surface area (Å²) >= 11 is 1.55. The first-order chi connectivity index (χ1) is 14.2. The maximum absolute atomic E-state index is 12.6. The zero-order chi connectivity index (χ0) is 20.5. The number of hydrogen-bond donors (Lipinski definition) is 2. The minimum absolute atomic E-state index is 0.176. The normalized spacial score (nSPS) is 17.9. The third kappa shape index (κ3) is 6.48. The van der Waals surface area contributed by atoms with Gasteiger partial charge in [-0.3, -0.25) is 9.59 Å². The number of piperazine rings is 1. The predicted molar refractivity (Wildman–Crippen MR) is 117 cm³/mol. The van der Waals surface area contributed by atoms with E-state index in [0.29, 0.717) is 30.2 Å². The SMILES string of the molecule is CCN1CCN(CCCNC(=O)c2ccccc2NC(=O)C2=CSCCO2)CC1. The Balaban J connectivity index is 1.46. The summed E-state index contributed by atoms with van der Waals surface area (Å²) in [5.74, 6) is 0.622. The summed E-state index contributed by atoms with van der Waals surface area (Å²) in [6.07, 6.45) is 0.907. The number of carbonyl (C=O) groups is 2. The number of likely N-dealkylation sites (N-methyl/N-ethyl adjacent to an activating group) is 1. The monoisotopic (exact) mass is 418 g/mol. The van der Waals surface area contributed by atoms with Gasteiger partial charge in [0.25, 0.3) is 11.8 Å². The van der Waals surface area contributed by atoms with E-state index in [1.165, 1.54) is 0 Å². The summed E-state index contributed by atoms with van der Waals surface area (Å²) in [6, 6.07) is 7.05. The fourth-order valence-electron chi connectivity index (χ4n) is 3.39. The third-order valence-electron chi connectivity index (χ3n) is 5.14. The van der Waals surface area contributed by atoms with Crippen molar-refractivity contribution in [3.63, 3.8) is 0 Å². The highest BCUT2D eigenvalue weighted by Gasteiger charge is 2.18. The first kappa shape index (κ1) is 21.7. The quantitative estimate of drug-likeness (QED) is 0.629. The molecule has 0 spiro atoms. The molecule has 2 N–H and O–H groups in total. The number of amides is 2. The average molecular weight is 419 g/mol. The Labute approximate surface area is 176 Å². The van der Waals surface area contributed by atoms with Gasteiger partial charge in [0.1, 0.15) is 0 Å². The maximum atomic E-state index is 12.6. The van der Waals surface area contributed by atoms with E-state index in [-0.39, 0.29) is 11.8 Å². The summed E-state index contributed by atoms with van der Waals surface area (Å²) in [6.45, 7) is 9.84. The molecule has 0 aromatic heterocycles. The summed E-state index contributed by atoms with van der Waals surface area (Å²) in [5, 5.41) is 7.48. The number of rotatable bonds is 8. The third-order valence-corrected chi connectivity index (χ3v) is 5.92. The van der Waals surface area contributed by atoms with Gasteiger partial charge in [0.2, 0.25) is 0 Å². The van der Waals surface area contributed by atoms with E-state index in [4.69, 9.17) is 4.74 Å². The number of nitrogens with one attached hydrogen (secondary N) is 2. The van der Waals surface area contributed by atoms with Gasteiger partial charge in [-0.1, -0.05) is 19.1 Å². The van der Waals surface area contributed by atoms with Crippen LogP contribution in [0.15, 0.2) is 35.4 Å². The molecule has 1 fully saturated rings. The number of para-hydroxylation sites is 1. The summed E-state index contributed by atoms with van der Waals surface area (Å²) in [4.78, 5) is 29.9. The van der Waals surface area contributed by atoms with Crippen LogP contribution >= 0.6 is 11.8 Å². The second-order valence-electron chi connectivity index (χ2n) is 7.09. The molecule has 0 saturated carbocycles. The topological polar surface area (TPSA) is 73.9 Å². The maximum Gasteiger partial charge on any atom is 0.291 e. The van der Waals surface area contributed by atoms with Crippen LogP contribution in [0.5, 0.6) is 0 Å². The Morgan fingerprint density at radius 3 is 2.59 bits per heavy atom. The lowest BCUT2D eigenvalue weighted by molar-refractivity contribution is -0.116. The molecule has 2 amide bonds. The number of ether oxygens (including phenoxy) is 1. The molecule has 0 aliphatic carbocycles. The van der Waals surface area contributed by atoms with Crippen molar-refractivity contribution in [1.82, 2.24) is 15.1 Å². The molecule has 29 heavy (non-hydrogen) atoms. The van der Waals surface area contributed by atoms with E-state index in [9.17, 15) is 9.59 Å². The molecule has 158 valence electrons. The van der Waals surface area contributed by atoms with E-state index < -0.39 is 0 Å². The van der Waals surface area contributed by atoms with Gasteiger partial charge in [0.05, 0.1) is 17.9 Å². The van der Waals surface area contributed by atoms with Crippen molar-refractivity contribution in [2.24, 2.45) is 0 Å². The first-order valence-electron chi connectivity index (χ1n) is 10.2. The van der Waals surface area contributed by atoms with Crippen molar-refractivity contribution in [3.8, 4) is 0 Å². The number of hydrogen-bond acceptors (Lipinski definition) is 6. The molecule has 7 nitrogen and oxygen atoms in total. The highest BCUT2D eigenvalue weighted by atomic mass is 32.2. The van der Waals surface area contributed by atoms with Crippen LogP contribution in [-0.2, 0) is 9.53 Å². The fourth-order valence-corrected chi connectivity index (χ4v) is 4.01. The van der Waals surface area contributed by atoms with E-state index in [0.717, 1.165) is 51.4 Å². The van der Waals surface area contributed by atoms with Crippen molar-refractivity contribution in [2.45, 2.75) is 13.3 Å². The van der Waals surface area contributed by atoms with Crippen LogP contribution in [0.4, 0.5) is 5.69 Å². The number of benzene rings is 1. The Kier molecular flexibility index (Phi) is 8.39. The lowest BCUT2D eigenvalue weighted by Crippen LogP contribution is -2.46. The van der Waals surface area contributed by atoms with Crippen LogP contribution in [0.3, 0.4) is 0 Å². The zero-order valence-electron chi connectivity index (χ0n) is 17.0. The van der Waals surface area contributed by atoms with Crippen LogP contribution in [0.25, 0.3) is 0 Å². The molecule has 0 atom stereocenters. The van der Waals surface area contributed by atoms with E-state index in [1.807, 2.05) is 0 Å². The standard InChI is InChI=1S/C21H30N4O3S/c1-2-24-10-12-25(13-11-24)9-5-8-22-20(26)17-6-3-4-7-18(17)23-21(27)19-16-29-15-14-28-19/h3-4,6-7,16H,2,5,8-15H2,1H3,(H,22,26)(H,23,27). The molecule has 0 radical (unpaired) electrons. The molecule has 2 aliphatic rings. The molecule has 3 rings (SSSR count). The van der Waals surface area contributed by atoms with Crippen LogP contribution in [0.2, 0.25) is 0 Å². The average Bonchev–Trinajstić information content (AvgIpc) is 2.78. The van der Waals surface area contributed by atoms with E-state index >= 15 is 0 Å². The van der Waals surface area contributed by atoms with Crippen molar-refractivity contribution >= 4 is 29.3 Å². The fraction of sp³-hybridized carbons (Fsp3) is 0.524. The predicted octanol–water partition coefficient (Wildman–Crippen LogP) is 1.99. The highest BCUT2D eigenvalue weighted by molar-refractivity contribution is 8.02. The number of carbonyl (C=O) groups excluding carboxylic acids is 2. The van der Waals surface area contributed by atoms with Crippen molar-refractivity contribution in [2.75, 3.05) is 63.5 Å². The first-order valence-corrected chi connectivity index (χ1v) is 11.3. The van der Waals surface area contributed by atoms with Gasteiger partial charge in [-0.25, -0.2) is 0 Å². The van der Waals surface area contributed by atoms with Gasteiger partial charge in [-0.2, -0.15) is 0 Å². The number of nitrogens with zero attached hydrogens (tertiary/aromatic N) is 2. The summed E-state index contributed by atoms with van der Waals surface area (Å²) in [7, 11) is 0.